The van der Waals surface area contributed by atoms with Gasteiger partial charge in [-0.15, -0.1) is 4.40 Å². The summed E-state index contributed by atoms with van der Waals surface area (Å²) in [4.78, 5) is 41.3. The number of sulfonamides is 1. The smallest absolute Gasteiger partial charge is 0.340 e. The lowest BCUT2D eigenvalue weighted by Gasteiger charge is -2.26. The third-order valence-electron chi connectivity index (χ3n) is 4.59. The van der Waals surface area contributed by atoms with Gasteiger partial charge in [-0.05, 0) is 38.5 Å². The van der Waals surface area contributed by atoms with Crippen LogP contribution in [-0.4, -0.2) is 67.4 Å². The van der Waals surface area contributed by atoms with Crippen LogP contribution in [0.25, 0.3) is 0 Å². The molecule has 2 aliphatic heterocycles. The second-order valence-corrected chi connectivity index (χ2v) is 8.45. The van der Waals surface area contributed by atoms with Crippen molar-refractivity contribution in [2.75, 3.05) is 25.5 Å². The van der Waals surface area contributed by atoms with E-state index in [9.17, 15) is 22.8 Å². The van der Waals surface area contributed by atoms with Crippen molar-refractivity contribution >= 4 is 33.6 Å². The first kappa shape index (κ1) is 21.5. The molecule has 3 heterocycles. The number of aromatic nitrogens is 1. The molecule has 0 bridgehead atoms. The first-order chi connectivity index (χ1) is 14.1. The maximum atomic E-state index is 12.5. The Labute approximate surface area is 173 Å². The van der Waals surface area contributed by atoms with E-state index in [1.54, 1.807) is 20.8 Å². The highest BCUT2D eigenvalue weighted by atomic mass is 32.2. The molecule has 0 unspecified atom stereocenters. The fourth-order valence-corrected chi connectivity index (χ4v) is 4.12. The molecule has 1 aromatic rings. The van der Waals surface area contributed by atoms with Gasteiger partial charge in [0.2, 0.25) is 5.78 Å². The predicted molar refractivity (Wildman–Crippen MR) is 107 cm³/mol. The molecule has 0 saturated carbocycles. The lowest BCUT2D eigenvalue weighted by Crippen LogP contribution is -2.37. The van der Waals surface area contributed by atoms with Gasteiger partial charge < -0.3 is 19.4 Å². The van der Waals surface area contributed by atoms with Crippen LogP contribution in [0.4, 0.5) is 0 Å². The minimum atomic E-state index is -3.49. The Balaban J connectivity index is 1.67. The normalized spacial score (nSPS) is 17.0. The quantitative estimate of drug-likeness (QED) is 0.517. The van der Waals surface area contributed by atoms with Crippen molar-refractivity contribution in [3.05, 3.63) is 46.4 Å². The Bertz CT molecular complexity index is 1110. The fraction of sp³-hybridized carbons (Fsp3) is 0.368. The molecule has 0 fully saturated rings. The zero-order chi connectivity index (χ0) is 22.1. The van der Waals surface area contributed by atoms with Crippen LogP contribution in [0.5, 0.6) is 0 Å². The lowest BCUT2D eigenvalue weighted by molar-refractivity contribution is -0.137. The van der Waals surface area contributed by atoms with Gasteiger partial charge in [0.1, 0.15) is 5.84 Å². The molecule has 30 heavy (non-hydrogen) atoms. The molecular weight excluding hydrogens is 414 g/mol. The van der Waals surface area contributed by atoms with Crippen LogP contribution in [0.15, 0.2) is 28.3 Å². The fourth-order valence-electron chi connectivity index (χ4n) is 3.15. The number of aryl methyl sites for hydroxylation is 1. The molecule has 0 spiro atoms. The van der Waals surface area contributed by atoms with E-state index in [-0.39, 0.29) is 41.6 Å². The van der Waals surface area contributed by atoms with Gasteiger partial charge in [-0.3, -0.25) is 4.79 Å². The van der Waals surface area contributed by atoms with Gasteiger partial charge >= 0.3 is 11.9 Å². The van der Waals surface area contributed by atoms with Crippen molar-refractivity contribution < 1.29 is 32.3 Å². The highest BCUT2D eigenvalue weighted by molar-refractivity contribution is 7.90. The van der Waals surface area contributed by atoms with Crippen LogP contribution in [0.1, 0.15) is 39.0 Å². The van der Waals surface area contributed by atoms with Crippen LogP contribution in [0.3, 0.4) is 0 Å². The van der Waals surface area contributed by atoms with E-state index in [1.807, 2.05) is 0 Å². The number of amidine groups is 1. The van der Waals surface area contributed by atoms with Crippen LogP contribution in [0.2, 0.25) is 0 Å². The highest BCUT2D eigenvalue weighted by Crippen LogP contribution is 2.20. The second kappa shape index (κ2) is 8.27. The number of H-pyrrole nitrogens is 1. The van der Waals surface area contributed by atoms with E-state index in [2.05, 4.69) is 9.38 Å². The zero-order valence-corrected chi connectivity index (χ0v) is 17.5. The number of aromatic amines is 1. The summed E-state index contributed by atoms with van der Waals surface area (Å²) in [5.74, 6) is -1.70. The van der Waals surface area contributed by atoms with Gasteiger partial charge in [-0.2, -0.15) is 0 Å². The van der Waals surface area contributed by atoms with Crippen LogP contribution in [-0.2, 0) is 24.3 Å². The topological polar surface area (TPSA) is 135 Å². The number of ether oxygens (including phenoxy) is 2. The summed E-state index contributed by atoms with van der Waals surface area (Å²) in [5.41, 5.74) is 1.54. The maximum absolute atomic E-state index is 12.5. The molecule has 160 valence electrons. The van der Waals surface area contributed by atoms with Gasteiger partial charge in [0.15, 0.2) is 6.61 Å². The SMILES string of the molecule is CCOC(=O)c1c(C)[nH]c(C(=O)COC(=O)C2=CN3CCS(=O)(=O)N=C3C=C2)c1C. The molecule has 0 aromatic carbocycles. The predicted octanol–water partition coefficient (Wildman–Crippen LogP) is 1.03. The minimum absolute atomic E-state index is 0.157. The Kier molecular flexibility index (Phi) is 5.92. The summed E-state index contributed by atoms with van der Waals surface area (Å²) >= 11 is 0. The number of carbonyl (C=O) groups excluding carboxylic acids is 3. The van der Waals surface area contributed by atoms with Crippen LogP contribution in [0, 0.1) is 13.8 Å². The number of hydrogen-bond acceptors (Lipinski definition) is 8. The summed E-state index contributed by atoms with van der Waals surface area (Å²) < 4.78 is 36.8. The van der Waals surface area contributed by atoms with Gasteiger partial charge in [-0.25, -0.2) is 18.0 Å². The number of ketones is 1. The Morgan fingerprint density at radius 1 is 1.17 bits per heavy atom. The number of fused-ring (bicyclic) bond motifs is 1. The van der Waals surface area contributed by atoms with E-state index in [4.69, 9.17) is 9.47 Å². The van der Waals surface area contributed by atoms with Crippen molar-refractivity contribution in [1.29, 1.82) is 0 Å². The third kappa shape index (κ3) is 4.35. The Hall–Kier alpha value is -3.21. The lowest BCUT2D eigenvalue weighted by atomic mass is 10.1. The molecule has 11 heteroatoms. The largest absolute Gasteiger partial charge is 0.462 e. The first-order valence-corrected chi connectivity index (χ1v) is 10.8. The molecule has 0 saturated heterocycles. The minimum Gasteiger partial charge on any atom is -0.462 e. The van der Waals surface area contributed by atoms with Crippen molar-refractivity contribution in [3.8, 4) is 0 Å². The molecule has 2 aliphatic rings. The summed E-state index contributed by atoms with van der Waals surface area (Å²) in [7, 11) is -3.49. The van der Waals surface area contributed by atoms with Crippen LogP contribution >= 0.6 is 0 Å². The molecular formula is C19H21N3O7S. The molecule has 1 aromatic heterocycles. The monoisotopic (exact) mass is 435 g/mol. The maximum Gasteiger partial charge on any atom is 0.340 e. The summed E-state index contributed by atoms with van der Waals surface area (Å²) in [6.07, 6.45) is 4.22. The summed E-state index contributed by atoms with van der Waals surface area (Å²) in [5, 5.41) is 0. The number of nitrogens with one attached hydrogen (secondary N) is 1. The van der Waals surface area contributed by atoms with E-state index in [0.717, 1.165) is 0 Å². The van der Waals surface area contributed by atoms with E-state index in [0.29, 0.717) is 11.3 Å². The van der Waals surface area contributed by atoms with E-state index in [1.165, 1.54) is 23.3 Å². The Morgan fingerprint density at radius 2 is 1.90 bits per heavy atom. The second-order valence-electron chi connectivity index (χ2n) is 6.69. The number of carbonyl (C=O) groups is 3. The summed E-state index contributed by atoms with van der Waals surface area (Å²) in [6.45, 7) is 4.80. The van der Waals surface area contributed by atoms with Gasteiger partial charge in [0.05, 0.1) is 29.2 Å². The summed E-state index contributed by atoms with van der Waals surface area (Å²) in [6, 6.07) is 0. The van der Waals surface area contributed by atoms with Gasteiger partial charge in [-0.1, -0.05) is 0 Å². The number of Topliss-reactive ketones (excluding diaryl/α,β-unsaturated/α-hetero) is 1. The van der Waals surface area contributed by atoms with Crippen molar-refractivity contribution in [3.63, 3.8) is 0 Å². The molecule has 3 rings (SSSR count). The molecule has 0 radical (unpaired) electrons. The molecule has 0 aliphatic carbocycles. The third-order valence-corrected chi connectivity index (χ3v) is 5.75. The highest BCUT2D eigenvalue weighted by Gasteiger charge is 2.27. The number of rotatable bonds is 6. The van der Waals surface area contributed by atoms with Crippen molar-refractivity contribution in [2.24, 2.45) is 4.40 Å². The number of nitrogens with zero attached hydrogens (tertiary/aromatic N) is 2. The molecule has 10 nitrogen and oxygen atoms in total. The van der Waals surface area contributed by atoms with Crippen LogP contribution < -0.4 is 0 Å². The standard InChI is InChI=1S/C19H21N3O7S/c1-4-28-19(25)16-11(2)17(20-12(16)3)14(23)10-29-18(24)13-5-6-15-21-30(26,27)8-7-22(15)9-13/h5-6,9,20H,4,7-8,10H2,1-3H3. The molecule has 1 N–H and O–H groups in total. The molecule has 0 amide bonds. The van der Waals surface area contributed by atoms with Crippen molar-refractivity contribution in [1.82, 2.24) is 9.88 Å². The van der Waals surface area contributed by atoms with Gasteiger partial charge in [0.25, 0.3) is 10.0 Å². The number of esters is 2. The molecule has 0 atom stereocenters. The van der Waals surface area contributed by atoms with E-state index < -0.39 is 34.4 Å². The average molecular weight is 435 g/mol. The van der Waals surface area contributed by atoms with Gasteiger partial charge in [0, 0.05) is 18.4 Å². The van der Waals surface area contributed by atoms with Crippen molar-refractivity contribution in [2.45, 2.75) is 20.8 Å². The average Bonchev–Trinajstić information content (AvgIpc) is 2.99. The Morgan fingerprint density at radius 3 is 2.60 bits per heavy atom. The van der Waals surface area contributed by atoms with E-state index >= 15 is 0 Å². The number of hydrogen-bond donors (Lipinski definition) is 1. The zero-order valence-electron chi connectivity index (χ0n) is 16.7. The first-order valence-electron chi connectivity index (χ1n) is 9.18.